The van der Waals surface area contributed by atoms with E-state index < -0.39 is 5.91 Å². The average Bonchev–Trinajstić information content (AvgIpc) is 2.43. The van der Waals surface area contributed by atoms with Gasteiger partial charge in [-0.1, -0.05) is 0 Å². The van der Waals surface area contributed by atoms with Gasteiger partial charge in [-0.05, 0) is 6.26 Å². The van der Waals surface area contributed by atoms with E-state index in [1.807, 2.05) is 6.26 Å². The lowest BCUT2D eigenvalue weighted by Gasteiger charge is -1.96. The number of carbonyl (C=O) groups is 1. The fourth-order valence-electron chi connectivity index (χ4n) is 0.928. The number of primary amides is 1. The Labute approximate surface area is 80.5 Å². The van der Waals surface area contributed by atoms with Crippen LogP contribution in [0.2, 0.25) is 0 Å². The van der Waals surface area contributed by atoms with Crippen molar-refractivity contribution in [2.24, 2.45) is 5.73 Å². The predicted octanol–water partition coefficient (Wildman–Crippen LogP) is -0.0728. The number of thioether (sulfide) groups is 1. The number of hydrogen-bond acceptors (Lipinski definition) is 4. The number of nitrogens with zero attached hydrogens (tertiary/aromatic N) is 2. The zero-order chi connectivity index (χ0) is 9.84. The molecule has 0 saturated carbocycles. The van der Waals surface area contributed by atoms with Crippen molar-refractivity contribution in [3.8, 4) is 0 Å². The number of aromatic nitrogens is 2. The summed E-state index contributed by atoms with van der Waals surface area (Å²) in [6.07, 6.45) is 3.62. The molecule has 6 heteroatoms. The number of carbonyl (C=O) groups excluding carboxylic acids is 1. The molecule has 1 amide bonds. The molecule has 0 atom stereocenters. The molecule has 0 spiro atoms. The third kappa shape index (κ3) is 2.38. The Hall–Kier alpha value is -1.17. The number of amides is 1. The zero-order valence-electron chi connectivity index (χ0n) is 7.36. The molecule has 0 saturated heterocycles. The van der Waals surface area contributed by atoms with Crippen molar-refractivity contribution in [2.75, 3.05) is 17.7 Å². The van der Waals surface area contributed by atoms with Crippen LogP contribution >= 0.6 is 11.8 Å². The molecule has 1 heterocycles. The summed E-state index contributed by atoms with van der Waals surface area (Å²) in [4.78, 5) is 10.8. The van der Waals surface area contributed by atoms with Gasteiger partial charge in [-0.15, -0.1) is 0 Å². The molecule has 4 N–H and O–H groups in total. The molecule has 0 unspecified atom stereocenters. The third-order valence-corrected chi connectivity index (χ3v) is 2.14. The summed E-state index contributed by atoms with van der Waals surface area (Å²) in [5.74, 6) is 0.347. The maximum atomic E-state index is 10.8. The summed E-state index contributed by atoms with van der Waals surface area (Å²) in [5.41, 5.74) is 11.1. The quantitative estimate of drug-likeness (QED) is 0.712. The highest BCUT2D eigenvalue weighted by molar-refractivity contribution is 7.98. The van der Waals surface area contributed by atoms with Crippen molar-refractivity contribution < 1.29 is 4.79 Å². The molecule has 0 bridgehead atoms. The van der Waals surface area contributed by atoms with Crippen LogP contribution < -0.4 is 11.5 Å². The minimum atomic E-state index is -0.583. The second-order valence-corrected chi connectivity index (χ2v) is 3.54. The van der Waals surface area contributed by atoms with Gasteiger partial charge in [-0.3, -0.25) is 9.48 Å². The molecule has 0 aliphatic rings. The second kappa shape index (κ2) is 4.18. The summed E-state index contributed by atoms with van der Waals surface area (Å²) in [7, 11) is 0. The number of anilines is 1. The van der Waals surface area contributed by atoms with Crippen molar-refractivity contribution >= 4 is 23.4 Å². The molecule has 5 nitrogen and oxygen atoms in total. The van der Waals surface area contributed by atoms with E-state index in [0.717, 1.165) is 12.3 Å². The Morgan fingerprint density at radius 3 is 2.92 bits per heavy atom. The summed E-state index contributed by atoms with van der Waals surface area (Å²) in [5, 5.41) is 3.95. The fourth-order valence-corrected chi connectivity index (χ4v) is 1.30. The largest absolute Gasteiger partial charge is 0.396 e. The highest BCUT2D eigenvalue weighted by Gasteiger charge is 2.10. The SMILES string of the molecule is CSCCn1cc(N)c(C(N)=O)n1. The number of hydrogen-bond donors (Lipinski definition) is 2. The number of nitrogens with two attached hydrogens (primary N) is 2. The molecular formula is C7H12N4OS. The monoisotopic (exact) mass is 200 g/mol. The molecule has 0 radical (unpaired) electrons. The lowest BCUT2D eigenvalue weighted by molar-refractivity contribution is 0.0995. The highest BCUT2D eigenvalue weighted by Crippen LogP contribution is 2.08. The van der Waals surface area contributed by atoms with E-state index in [2.05, 4.69) is 5.10 Å². The first-order valence-corrected chi connectivity index (χ1v) is 5.16. The number of aryl methyl sites for hydroxylation is 1. The first kappa shape index (κ1) is 9.91. The Morgan fingerprint density at radius 1 is 1.77 bits per heavy atom. The standard InChI is InChI=1S/C7H12N4OS/c1-13-3-2-11-4-5(8)6(10-11)7(9)12/h4H,2-3,8H2,1H3,(H2,9,12). The minimum absolute atomic E-state index is 0.154. The van der Waals surface area contributed by atoms with E-state index in [0.29, 0.717) is 5.69 Å². The van der Waals surface area contributed by atoms with Crippen LogP contribution in [0.3, 0.4) is 0 Å². The van der Waals surface area contributed by atoms with Crippen molar-refractivity contribution in [2.45, 2.75) is 6.54 Å². The van der Waals surface area contributed by atoms with E-state index >= 15 is 0 Å². The number of nitrogen functional groups attached to an aromatic ring is 1. The van der Waals surface area contributed by atoms with Gasteiger partial charge in [0.25, 0.3) is 5.91 Å². The molecule has 0 aliphatic carbocycles. The molecule has 13 heavy (non-hydrogen) atoms. The van der Waals surface area contributed by atoms with Crippen LogP contribution in [0, 0.1) is 0 Å². The molecule has 0 aliphatic heterocycles. The van der Waals surface area contributed by atoms with Crippen LogP contribution in [0.5, 0.6) is 0 Å². The summed E-state index contributed by atoms with van der Waals surface area (Å²) < 4.78 is 1.63. The second-order valence-electron chi connectivity index (χ2n) is 2.55. The van der Waals surface area contributed by atoms with Gasteiger partial charge in [0.15, 0.2) is 5.69 Å². The minimum Gasteiger partial charge on any atom is -0.396 e. The lowest BCUT2D eigenvalue weighted by atomic mass is 10.4. The normalized spacial score (nSPS) is 10.2. The van der Waals surface area contributed by atoms with Gasteiger partial charge in [-0.25, -0.2) is 0 Å². The molecule has 1 rings (SSSR count). The average molecular weight is 200 g/mol. The maximum absolute atomic E-state index is 10.8. The summed E-state index contributed by atoms with van der Waals surface area (Å²) in [6, 6.07) is 0. The molecule has 0 aromatic carbocycles. The maximum Gasteiger partial charge on any atom is 0.271 e. The van der Waals surface area contributed by atoms with Crippen molar-refractivity contribution in [3.05, 3.63) is 11.9 Å². The summed E-state index contributed by atoms with van der Waals surface area (Å²) in [6.45, 7) is 0.735. The Kier molecular flexibility index (Phi) is 3.18. The van der Waals surface area contributed by atoms with E-state index in [4.69, 9.17) is 11.5 Å². The molecule has 1 aromatic rings. The molecule has 0 fully saturated rings. The smallest absolute Gasteiger partial charge is 0.271 e. The topological polar surface area (TPSA) is 86.9 Å². The van der Waals surface area contributed by atoms with Gasteiger partial charge in [-0.2, -0.15) is 16.9 Å². The van der Waals surface area contributed by atoms with Crippen LogP contribution in [0.4, 0.5) is 5.69 Å². The molecular weight excluding hydrogens is 188 g/mol. The van der Waals surface area contributed by atoms with E-state index in [-0.39, 0.29) is 5.69 Å². The van der Waals surface area contributed by atoms with Gasteiger partial charge in [0, 0.05) is 11.9 Å². The zero-order valence-corrected chi connectivity index (χ0v) is 8.17. The van der Waals surface area contributed by atoms with Gasteiger partial charge in [0.2, 0.25) is 0 Å². The van der Waals surface area contributed by atoms with Crippen LogP contribution in [-0.4, -0.2) is 27.7 Å². The first-order chi connectivity index (χ1) is 6.15. The van der Waals surface area contributed by atoms with Gasteiger partial charge < -0.3 is 11.5 Å². The van der Waals surface area contributed by atoms with Gasteiger partial charge in [0.05, 0.1) is 12.2 Å². The predicted molar refractivity (Wildman–Crippen MR) is 53.5 cm³/mol. The van der Waals surface area contributed by atoms with E-state index in [1.165, 1.54) is 0 Å². The van der Waals surface area contributed by atoms with Gasteiger partial charge in [0.1, 0.15) is 0 Å². The highest BCUT2D eigenvalue weighted by atomic mass is 32.2. The van der Waals surface area contributed by atoms with Crippen molar-refractivity contribution in [1.29, 1.82) is 0 Å². The van der Waals surface area contributed by atoms with Crippen LogP contribution in [0.1, 0.15) is 10.5 Å². The van der Waals surface area contributed by atoms with Crippen molar-refractivity contribution in [1.82, 2.24) is 9.78 Å². The van der Waals surface area contributed by atoms with Crippen LogP contribution in [0.25, 0.3) is 0 Å². The van der Waals surface area contributed by atoms with E-state index in [9.17, 15) is 4.79 Å². The van der Waals surface area contributed by atoms with Crippen molar-refractivity contribution in [3.63, 3.8) is 0 Å². The van der Waals surface area contributed by atoms with Crippen LogP contribution in [-0.2, 0) is 6.54 Å². The first-order valence-electron chi connectivity index (χ1n) is 3.77. The Bertz CT molecular complexity index is 309. The van der Waals surface area contributed by atoms with E-state index in [1.54, 1.807) is 22.6 Å². The fraction of sp³-hybridized carbons (Fsp3) is 0.429. The van der Waals surface area contributed by atoms with Crippen LogP contribution in [0.15, 0.2) is 6.20 Å². The molecule has 72 valence electrons. The van der Waals surface area contributed by atoms with Gasteiger partial charge >= 0.3 is 0 Å². The lowest BCUT2D eigenvalue weighted by Crippen LogP contribution is -2.14. The molecule has 1 aromatic heterocycles. The Balaban J connectivity index is 2.76. The number of rotatable bonds is 4. The summed E-state index contributed by atoms with van der Waals surface area (Å²) >= 11 is 1.70. The Morgan fingerprint density at radius 2 is 2.46 bits per heavy atom. The third-order valence-electron chi connectivity index (χ3n) is 1.55.